The van der Waals surface area contributed by atoms with Crippen molar-refractivity contribution in [3.8, 4) is 0 Å². The lowest BCUT2D eigenvalue weighted by Crippen LogP contribution is -2.52. The number of amides is 2. The van der Waals surface area contributed by atoms with Crippen LogP contribution in [0.5, 0.6) is 0 Å². The van der Waals surface area contributed by atoms with Crippen LogP contribution < -0.4 is 5.73 Å². The summed E-state index contributed by atoms with van der Waals surface area (Å²) < 4.78 is 0. The molecule has 0 radical (unpaired) electrons. The van der Waals surface area contributed by atoms with Gasteiger partial charge in [0, 0.05) is 44.6 Å². The van der Waals surface area contributed by atoms with Gasteiger partial charge in [-0.2, -0.15) is 0 Å². The zero-order valence-electron chi connectivity index (χ0n) is 15.3. The lowest BCUT2D eigenvalue weighted by Gasteiger charge is -2.38. The summed E-state index contributed by atoms with van der Waals surface area (Å²) in [4.78, 5) is 28.9. The van der Waals surface area contributed by atoms with E-state index in [9.17, 15) is 9.59 Å². The topological polar surface area (TPSA) is 66.6 Å². The summed E-state index contributed by atoms with van der Waals surface area (Å²) in [6.07, 6.45) is 11.0. The molecule has 25 heavy (non-hydrogen) atoms. The van der Waals surface area contributed by atoms with E-state index in [2.05, 4.69) is 0 Å². The second-order valence-corrected chi connectivity index (χ2v) is 8.02. The quantitative estimate of drug-likeness (QED) is 0.825. The van der Waals surface area contributed by atoms with Crippen molar-refractivity contribution in [1.82, 2.24) is 9.80 Å². The number of nitrogens with two attached hydrogens (primary N) is 1. The highest BCUT2D eigenvalue weighted by Crippen LogP contribution is 2.29. The van der Waals surface area contributed by atoms with Crippen molar-refractivity contribution in [2.75, 3.05) is 26.2 Å². The highest BCUT2D eigenvalue weighted by molar-refractivity contribution is 5.85. The summed E-state index contributed by atoms with van der Waals surface area (Å²) in [5.41, 5.74) is 6.02. The first kappa shape index (κ1) is 20.5. The second kappa shape index (κ2) is 9.77. The SMILES string of the molecule is Cl.NC1CCCC(C(=O)N2CCN(C(=O)CCC3CCCC3)CC2)C1. The van der Waals surface area contributed by atoms with Gasteiger partial charge in [0.15, 0.2) is 0 Å². The Hall–Kier alpha value is -0.810. The van der Waals surface area contributed by atoms with E-state index in [0.29, 0.717) is 32.6 Å². The van der Waals surface area contributed by atoms with Gasteiger partial charge < -0.3 is 15.5 Å². The molecule has 2 amide bonds. The Bertz CT molecular complexity index is 446. The molecule has 6 heteroatoms. The number of halogens is 1. The van der Waals surface area contributed by atoms with Gasteiger partial charge in [-0.05, 0) is 31.6 Å². The molecule has 0 spiro atoms. The molecule has 2 aliphatic carbocycles. The van der Waals surface area contributed by atoms with Crippen LogP contribution >= 0.6 is 12.4 Å². The molecule has 144 valence electrons. The van der Waals surface area contributed by atoms with E-state index in [0.717, 1.165) is 38.0 Å². The van der Waals surface area contributed by atoms with Gasteiger partial charge in [0.1, 0.15) is 0 Å². The average molecular weight is 372 g/mol. The lowest BCUT2D eigenvalue weighted by molar-refractivity contribution is -0.143. The minimum Gasteiger partial charge on any atom is -0.339 e. The van der Waals surface area contributed by atoms with Crippen molar-refractivity contribution in [2.24, 2.45) is 17.6 Å². The molecule has 3 rings (SSSR count). The van der Waals surface area contributed by atoms with Crippen molar-refractivity contribution >= 4 is 24.2 Å². The minimum atomic E-state index is 0. The first-order valence-corrected chi connectivity index (χ1v) is 9.95. The molecule has 0 aromatic carbocycles. The first-order chi connectivity index (χ1) is 11.6. The van der Waals surface area contributed by atoms with Gasteiger partial charge in [-0.1, -0.05) is 32.1 Å². The Labute approximate surface area is 158 Å². The van der Waals surface area contributed by atoms with Gasteiger partial charge in [0.05, 0.1) is 0 Å². The van der Waals surface area contributed by atoms with Gasteiger partial charge in [-0.25, -0.2) is 0 Å². The molecule has 2 saturated carbocycles. The number of piperazine rings is 1. The molecule has 5 nitrogen and oxygen atoms in total. The first-order valence-electron chi connectivity index (χ1n) is 9.95. The number of hydrogen-bond acceptors (Lipinski definition) is 3. The molecule has 1 aliphatic heterocycles. The Kier molecular flexibility index (Phi) is 8.01. The molecule has 2 N–H and O–H groups in total. The van der Waals surface area contributed by atoms with E-state index < -0.39 is 0 Å². The molecule has 2 atom stereocenters. The lowest BCUT2D eigenvalue weighted by atomic mass is 9.85. The van der Waals surface area contributed by atoms with E-state index in [1.54, 1.807) is 0 Å². The van der Waals surface area contributed by atoms with Crippen molar-refractivity contribution < 1.29 is 9.59 Å². The van der Waals surface area contributed by atoms with E-state index >= 15 is 0 Å². The average Bonchev–Trinajstić information content (AvgIpc) is 3.13. The van der Waals surface area contributed by atoms with E-state index in [4.69, 9.17) is 5.73 Å². The Morgan fingerprint density at radius 2 is 1.52 bits per heavy atom. The summed E-state index contributed by atoms with van der Waals surface area (Å²) in [7, 11) is 0. The molecule has 0 bridgehead atoms. The normalized spacial score (nSPS) is 27.9. The molecule has 2 unspecified atom stereocenters. The summed E-state index contributed by atoms with van der Waals surface area (Å²) in [5.74, 6) is 1.43. The Balaban J connectivity index is 0.00000225. The Morgan fingerprint density at radius 1 is 0.880 bits per heavy atom. The summed E-state index contributed by atoms with van der Waals surface area (Å²) in [6.45, 7) is 2.79. The molecule has 3 aliphatic rings. The maximum atomic E-state index is 12.6. The van der Waals surface area contributed by atoms with Crippen LogP contribution in [0.15, 0.2) is 0 Å². The zero-order chi connectivity index (χ0) is 16.9. The smallest absolute Gasteiger partial charge is 0.225 e. The maximum absolute atomic E-state index is 12.6. The third-order valence-corrected chi connectivity index (χ3v) is 6.25. The second-order valence-electron chi connectivity index (χ2n) is 8.02. The third kappa shape index (κ3) is 5.58. The fraction of sp³-hybridized carbons (Fsp3) is 0.895. The number of rotatable bonds is 4. The molecule has 1 heterocycles. The predicted octanol–water partition coefficient (Wildman–Crippen LogP) is 2.57. The van der Waals surface area contributed by atoms with E-state index in [1.165, 1.54) is 25.7 Å². The number of carbonyl (C=O) groups is 2. The van der Waals surface area contributed by atoms with Crippen LogP contribution in [0.25, 0.3) is 0 Å². The van der Waals surface area contributed by atoms with Crippen LogP contribution in [0.1, 0.15) is 64.2 Å². The van der Waals surface area contributed by atoms with Crippen molar-refractivity contribution in [1.29, 1.82) is 0 Å². The van der Waals surface area contributed by atoms with Gasteiger partial charge in [0.2, 0.25) is 11.8 Å². The van der Waals surface area contributed by atoms with Gasteiger partial charge in [0.25, 0.3) is 0 Å². The van der Waals surface area contributed by atoms with Crippen LogP contribution in [-0.2, 0) is 9.59 Å². The molecule has 1 saturated heterocycles. The van der Waals surface area contributed by atoms with Crippen LogP contribution in [-0.4, -0.2) is 53.8 Å². The van der Waals surface area contributed by atoms with Crippen molar-refractivity contribution in [3.05, 3.63) is 0 Å². The largest absolute Gasteiger partial charge is 0.339 e. The summed E-state index contributed by atoms with van der Waals surface area (Å²) >= 11 is 0. The van der Waals surface area contributed by atoms with Crippen molar-refractivity contribution in [3.63, 3.8) is 0 Å². The molecular formula is C19H34ClN3O2. The zero-order valence-corrected chi connectivity index (χ0v) is 16.1. The summed E-state index contributed by atoms with van der Waals surface area (Å²) in [6, 6.07) is 0.186. The number of hydrogen-bond donors (Lipinski definition) is 1. The summed E-state index contributed by atoms with van der Waals surface area (Å²) in [5, 5.41) is 0. The third-order valence-electron chi connectivity index (χ3n) is 6.25. The molecule has 3 fully saturated rings. The molecule has 0 aromatic heterocycles. The molecule has 0 aromatic rings. The van der Waals surface area contributed by atoms with Crippen LogP contribution in [0, 0.1) is 11.8 Å². The number of carbonyl (C=O) groups excluding carboxylic acids is 2. The fourth-order valence-electron chi connectivity index (χ4n) is 4.67. The standard InChI is InChI=1S/C19H33N3O2.ClH/c20-17-7-3-6-16(14-17)19(24)22-12-10-21(11-13-22)18(23)9-8-15-4-1-2-5-15;/h15-17H,1-14,20H2;1H. The van der Waals surface area contributed by atoms with Crippen LogP contribution in [0.3, 0.4) is 0 Å². The fourth-order valence-corrected chi connectivity index (χ4v) is 4.67. The minimum absolute atomic E-state index is 0. The number of nitrogens with zero attached hydrogens (tertiary/aromatic N) is 2. The van der Waals surface area contributed by atoms with E-state index in [-0.39, 0.29) is 36.2 Å². The van der Waals surface area contributed by atoms with Crippen LogP contribution in [0.2, 0.25) is 0 Å². The predicted molar refractivity (Wildman–Crippen MR) is 102 cm³/mol. The highest BCUT2D eigenvalue weighted by atomic mass is 35.5. The van der Waals surface area contributed by atoms with Crippen molar-refractivity contribution in [2.45, 2.75) is 70.3 Å². The van der Waals surface area contributed by atoms with E-state index in [1.807, 2.05) is 9.80 Å². The molecular weight excluding hydrogens is 338 g/mol. The van der Waals surface area contributed by atoms with Gasteiger partial charge >= 0.3 is 0 Å². The van der Waals surface area contributed by atoms with Crippen LogP contribution in [0.4, 0.5) is 0 Å². The maximum Gasteiger partial charge on any atom is 0.225 e. The Morgan fingerprint density at radius 3 is 2.16 bits per heavy atom. The van der Waals surface area contributed by atoms with Gasteiger partial charge in [-0.3, -0.25) is 9.59 Å². The highest BCUT2D eigenvalue weighted by Gasteiger charge is 2.31. The van der Waals surface area contributed by atoms with Gasteiger partial charge in [-0.15, -0.1) is 12.4 Å². The monoisotopic (exact) mass is 371 g/mol.